The van der Waals surface area contributed by atoms with Crippen LogP contribution >= 0.6 is 0 Å². The molecule has 11 amide bonds. The first-order valence-electron chi connectivity index (χ1n) is 30.9. The van der Waals surface area contributed by atoms with Crippen LogP contribution in [0.4, 0.5) is 0 Å². The summed E-state index contributed by atoms with van der Waals surface area (Å²) in [6.45, 7) is 31.2. The lowest BCUT2D eigenvalue weighted by Crippen LogP contribution is -2.63. The van der Waals surface area contributed by atoms with Gasteiger partial charge in [0, 0.05) is 55.3 Å². The number of amides is 11. The van der Waals surface area contributed by atoms with Crippen LogP contribution in [0.2, 0.25) is 0 Å². The molecule has 23 heteroatoms. The van der Waals surface area contributed by atoms with Gasteiger partial charge in [-0.25, -0.2) is 0 Å². The minimum absolute atomic E-state index is 0.0948. The van der Waals surface area contributed by atoms with Crippen molar-refractivity contribution in [2.24, 2.45) is 47.3 Å². The SMILES string of the molecule is C/C=C/[C@H](C)[C@@H](O)[C@@H]1C(=O)N[C@@H](C(C)C)C(=O)N(C)CC(=O)N(C)[C@@H](CC(C)C)C(=O)N[C@H](C(C)C)C(=O)N(C)[C@@H](CC(C)C)C(=O)N[C@H](C)C(=O)N[C@@H](C)C(=O)N(C)[C@H](CC(C)C)C(=O)N(C)[C@@H](CC(C)C)C(=O)N(C)[C@H](CC(C)C)C(=O)N1C. The van der Waals surface area contributed by atoms with E-state index in [1.807, 2.05) is 69.2 Å². The van der Waals surface area contributed by atoms with Crippen molar-refractivity contribution in [3.63, 3.8) is 0 Å². The molecule has 0 aromatic rings. The van der Waals surface area contributed by atoms with Gasteiger partial charge < -0.3 is 60.7 Å². The highest BCUT2D eigenvalue weighted by atomic mass is 16.3. The maximum absolute atomic E-state index is 15.2. The van der Waals surface area contributed by atoms with Crippen molar-refractivity contribution in [1.29, 1.82) is 0 Å². The molecule has 23 nitrogen and oxygen atoms in total. The lowest BCUT2D eigenvalue weighted by Gasteiger charge is -2.41. The quantitative estimate of drug-likeness (QED) is 0.147. The van der Waals surface area contributed by atoms with Gasteiger partial charge in [-0.05, 0) is 94.3 Å². The van der Waals surface area contributed by atoms with Gasteiger partial charge in [-0.1, -0.05) is 116 Å². The van der Waals surface area contributed by atoms with Crippen LogP contribution in [0.3, 0.4) is 0 Å². The van der Waals surface area contributed by atoms with Crippen LogP contribution in [-0.4, -0.2) is 227 Å². The van der Waals surface area contributed by atoms with E-state index in [0.29, 0.717) is 0 Å². The summed E-state index contributed by atoms with van der Waals surface area (Å²) in [5.74, 6) is -10.0. The Hall–Kier alpha value is -6.13. The minimum Gasteiger partial charge on any atom is -0.390 e. The van der Waals surface area contributed by atoms with E-state index in [1.54, 1.807) is 53.7 Å². The van der Waals surface area contributed by atoms with Crippen LogP contribution in [0.15, 0.2) is 12.2 Å². The lowest BCUT2D eigenvalue weighted by molar-refractivity contribution is -0.156. The van der Waals surface area contributed by atoms with Crippen molar-refractivity contribution in [2.45, 2.75) is 223 Å². The molecule has 0 aromatic heterocycles. The molecular formula is C63H113N11O12. The van der Waals surface area contributed by atoms with E-state index in [0.717, 1.165) is 9.80 Å². The predicted octanol–water partition coefficient (Wildman–Crippen LogP) is 3.52. The zero-order valence-corrected chi connectivity index (χ0v) is 56.9. The van der Waals surface area contributed by atoms with Gasteiger partial charge in [0.25, 0.3) is 0 Å². The first kappa shape index (κ1) is 77.9. The summed E-state index contributed by atoms with van der Waals surface area (Å²) in [6, 6.07) is -12.4. The smallest absolute Gasteiger partial charge is 0.246 e. The van der Waals surface area contributed by atoms with Crippen LogP contribution < -0.4 is 21.3 Å². The molecule has 1 aliphatic rings. The van der Waals surface area contributed by atoms with Crippen molar-refractivity contribution in [3.8, 4) is 0 Å². The Morgan fingerprint density at radius 3 is 1.13 bits per heavy atom. The number of carbonyl (C=O) groups is 11. The second kappa shape index (κ2) is 35.0. The summed E-state index contributed by atoms with van der Waals surface area (Å²) in [4.78, 5) is 169. The summed E-state index contributed by atoms with van der Waals surface area (Å²) in [5.41, 5.74) is 0. The Morgan fingerprint density at radius 1 is 0.407 bits per heavy atom. The van der Waals surface area contributed by atoms with Gasteiger partial charge in [0.2, 0.25) is 65.0 Å². The standard InChI is InChI=1S/C63H113N11O12/c1-26-27-41(16)53(76)52-57(80)67-50(39(12)13)62(85)68(19)33-49(75)69(20)44(28-34(2)3)56(79)66-51(40(14)15)63(86)70(21)45(29-35(4)5)55(78)64-42(17)54(77)65-43(18)58(81)71(22)46(30-36(6)7)59(82)72(23)47(31-37(8)9)60(83)73(24)48(32-38(10)11)61(84)74(52)25/h26-27,34-48,50-53,76H,28-33H2,1-25H3,(H,64,78)(H,65,77)(H,66,79)(H,67,80)/b27-26+/t41-,42+,43-,44-,45-,46+,47-,48+,50-,51+,52+,53+/m0/s1. The number of likely N-dealkylation sites (N-methyl/N-ethyl adjacent to an activating group) is 7. The fourth-order valence-corrected chi connectivity index (χ4v) is 10.7. The van der Waals surface area contributed by atoms with E-state index < -0.39 is 156 Å². The number of hydrogen-bond donors (Lipinski definition) is 5. The van der Waals surface area contributed by atoms with Gasteiger partial charge in [0.05, 0.1) is 12.6 Å². The second-order valence-corrected chi connectivity index (χ2v) is 26.9. The molecule has 1 fully saturated rings. The molecule has 492 valence electrons. The first-order chi connectivity index (χ1) is 39.6. The summed E-state index contributed by atoms with van der Waals surface area (Å²) >= 11 is 0. The first-order valence-corrected chi connectivity index (χ1v) is 30.9. The van der Waals surface area contributed by atoms with E-state index in [9.17, 15) is 48.3 Å². The normalized spacial score (nSPS) is 26.8. The zero-order chi connectivity index (χ0) is 66.8. The highest BCUT2D eigenvalue weighted by Crippen LogP contribution is 2.25. The summed E-state index contributed by atoms with van der Waals surface area (Å²) in [6.07, 6.45) is 2.52. The Bertz CT molecular complexity index is 2360. The van der Waals surface area contributed by atoms with E-state index in [2.05, 4.69) is 21.3 Å². The van der Waals surface area contributed by atoms with Crippen molar-refractivity contribution < 1.29 is 57.8 Å². The lowest BCUT2D eigenvalue weighted by atomic mass is 9.93. The second-order valence-electron chi connectivity index (χ2n) is 26.9. The largest absolute Gasteiger partial charge is 0.390 e. The molecule has 0 aliphatic carbocycles. The fraction of sp³-hybridized carbons (Fsp3) is 0.794. The molecule has 0 aromatic carbocycles. The van der Waals surface area contributed by atoms with Gasteiger partial charge in [-0.2, -0.15) is 0 Å². The molecule has 0 unspecified atom stereocenters. The van der Waals surface area contributed by atoms with Gasteiger partial charge >= 0.3 is 0 Å². The number of carbonyl (C=O) groups excluding carboxylic acids is 11. The molecule has 1 rings (SSSR count). The Balaban J connectivity index is 4.38. The predicted molar refractivity (Wildman–Crippen MR) is 333 cm³/mol. The minimum atomic E-state index is -1.64. The molecule has 0 radical (unpaired) electrons. The highest BCUT2D eigenvalue weighted by molar-refractivity contribution is 5.99. The number of hydrogen-bond acceptors (Lipinski definition) is 12. The van der Waals surface area contributed by atoms with E-state index >= 15 is 9.59 Å². The van der Waals surface area contributed by atoms with Crippen molar-refractivity contribution >= 4 is 65.0 Å². The van der Waals surface area contributed by atoms with Gasteiger partial charge in [-0.3, -0.25) is 52.7 Å². The molecule has 5 N–H and O–H groups in total. The maximum atomic E-state index is 15.2. The van der Waals surface area contributed by atoms with E-state index in [-0.39, 0.29) is 61.7 Å². The van der Waals surface area contributed by atoms with Crippen LogP contribution in [0.25, 0.3) is 0 Å². The average molecular weight is 1220 g/mol. The summed E-state index contributed by atoms with van der Waals surface area (Å²) < 4.78 is 0. The van der Waals surface area contributed by atoms with E-state index in [1.165, 1.54) is 87.7 Å². The van der Waals surface area contributed by atoms with Crippen LogP contribution in [0.5, 0.6) is 0 Å². The van der Waals surface area contributed by atoms with Crippen molar-refractivity contribution in [1.82, 2.24) is 55.6 Å². The number of nitrogens with zero attached hydrogens (tertiary/aromatic N) is 7. The van der Waals surface area contributed by atoms with E-state index in [4.69, 9.17) is 0 Å². The summed E-state index contributed by atoms with van der Waals surface area (Å²) in [7, 11) is 9.94. The molecule has 86 heavy (non-hydrogen) atoms. The monoisotopic (exact) mass is 1220 g/mol. The zero-order valence-electron chi connectivity index (χ0n) is 56.9. The Kier molecular flexibility index (Phi) is 31.7. The number of nitrogens with one attached hydrogen (secondary N) is 4. The van der Waals surface area contributed by atoms with Crippen molar-refractivity contribution in [2.75, 3.05) is 55.9 Å². The Labute approximate surface area is 515 Å². The summed E-state index contributed by atoms with van der Waals surface area (Å²) in [5, 5.41) is 23.1. The fourth-order valence-electron chi connectivity index (χ4n) is 10.7. The number of aliphatic hydroxyl groups excluding tert-OH is 1. The molecule has 0 saturated carbocycles. The van der Waals surface area contributed by atoms with Gasteiger partial charge in [0.1, 0.15) is 60.4 Å². The van der Waals surface area contributed by atoms with Gasteiger partial charge in [0.15, 0.2) is 0 Å². The van der Waals surface area contributed by atoms with Gasteiger partial charge in [-0.15, -0.1) is 0 Å². The number of rotatable bonds is 15. The topological polar surface area (TPSA) is 279 Å². The number of aliphatic hydroxyl groups is 1. The number of allylic oxidation sites excluding steroid dienone is 1. The average Bonchev–Trinajstić information content (AvgIpc) is 1.39. The van der Waals surface area contributed by atoms with Crippen LogP contribution in [0, 0.1) is 47.3 Å². The molecular weight excluding hydrogens is 1100 g/mol. The molecule has 0 spiro atoms. The third-order valence-corrected chi connectivity index (χ3v) is 16.1. The van der Waals surface area contributed by atoms with Crippen LogP contribution in [0.1, 0.15) is 157 Å². The third kappa shape index (κ3) is 21.9. The highest BCUT2D eigenvalue weighted by Gasteiger charge is 2.45. The Morgan fingerprint density at radius 2 is 0.733 bits per heavy atom. The molecule has 0 bridgehead atoms. The molecule has 12 atom stereocenters. The van der Waals surface area contributed by atoms with Crippen molar-refractivity contribution in [3.05, 3.63) is 12.2 Å². The maximum Gasteiger partial charge on any atom is 0.246 e. The molecule has 1 heterocycles. The molecule has 1 saturated heterocycles. The molecule has 1 aliphatic heterocycles. The third-order valence-electron chi connectivity index (χ3n) is 16.1. The van der Waals surface area contributed by atoms with Crippen LogP contribution in [-0.2, 0) is 52.7 Å².